The molecule has 1 aromatic heterocycles. The van der Waals surface area contributed by atoms with Crippen molar-refractivity contribution in [3.63, 3.8) is 0 Å². The Morgan fingerprint density at radius 3 is 2.48 bits per heavy atom. The molecule has 0 amide bonds. The summed E-state index contributed by atoms with van der Waals surface area (Å²) in [4.78, 5) is 11.6. The summed E-state index contributed by atoms with van der Waals surface area (Å²) in [5.74, 6) is 0.450. The van der Waals surface area contributed by atoms with E-state index in [2.05, 4.69) is 13.2 Å². The van der Waals surface area contributed by atoms with Gasteiger partial charge in [0.05, 0.1) is 33.0 Å². The molecule has 2 aromatic rings. The molecule has 0 aliphatic rings. The van der Waals surface area contributed by atoms with Crippen LogP contribution in [0.3, 0.4) is 0 Å². The molecule has 7 heteroatoms. The lowest BCUT2D eigenvalue weighted by atomic mass is 10.2. The van der Waals surface area contributed by atoms with Crippen LogP contribution in [0.4, 0.5) is 0 Å². The van der Waals surface area contributed by atoms with Crippen molar-refractivity contribution in [3.05, 3.63) is 65.6 Å². The van der Waals surface area contributed by atoms with E-state index in [-0.39, 0.29) is 12.2 Å². The molecular formula is C20H23NO6. The Bertz CT molecular complexity index is 821. The quantitative estimate of drug-likeness (QED) is 0.388. The molecule has 7 nitrogen and oxygen atoms in total. The van der Waals surface area contributed by atoms with Crippen molar-refractivity contribution in [2.24, 2.45) is 0 Å². The van der Waals surface area contributed by atoms with Gasteiger partial charge in [-0.05, 0) is 12.1 Å². The molecule has 0 unspecified atom stereocenters. The second-order valence-corrected chi connectivity index (χ2v) is 5.03. The molecule has 0 atom stereocenters. The lowest BCUT2D eigenvalue weighted by molar-refractivity contribution is 0.112. The number of ether oxygens (including phenoxy) is 3. The number of rotatable bonds is 10. The van der Waals surface area contributed by atoms with E-state index in [1.54, 1.807) is 36.4 Å². The summed E-state index contributed by atoms with van der Waals surface area (Å²) in [5, 5.41) is 17.6. The van der Waals surface area contributed by atoms with Crippen molar-refractivity contribution in [2.75, 3.05) is 39.6 Å². The monoisotopic (exact) mass is 373 g/mol. The van der Waals surface area contributed by atoms with Gasteiger partial charge in [0.15, 0.2) is 11.3 Å². The maximum Gasteiger partial charge on any atom is 0.354 e. The first-order chi connectivity index (χ1) is 13.2. The number of nitriles is 1. The number of aliphatic hydroxyl groups excluding tert-OH is 1. The van der Waals surface area contributed by atoms with Crippen LogP contribution in [0.15, 0.2) is 58.8 Å². The summed E-state index contributed by atoms with van der Waals surface area (Å²) in [5.41, 5.74) is -0.358. The summed E-state index contributed by atoms with van der Waals surface area (Å²) in [7, 11) is 0. The molecule has 0 saturated carbocycles. The minimum Gasteiger partial charge on any atom is -0.487 e. The zero-order chi connectivity index (χ0) is 19.9. The van der Waals surface area contributed by atoms with Crippen molar-refractivity contribution in [1.82, 2.24) is 0 Å². The van der Waals surface area contributed by atoms with Crippen molar-refractivity contribution in [2.45, 2.75) is 0 Å². The largest absolute Gasteiger partial charge is 0.487 e. The minimum atomic E-state index is -0.668. The van der Waals surface area contributed by atoms with Crippen LogP contribution in [0, 0.1) is 11.3 Å². The highest BCUT2D eigenvalue weighted by Crippen LogP contribution is 2.24. The minimum absolute atomic E-state index is 0.0241. The fraction of sp³-hybridized carbons (Fsp3) is 0.300. The molecule has 0 fully saturated rings. The normalized spacial score (nSPS) is 9.78. The second-order valence-electron chi connectivity index (χ2n) is 5.03. The van der Waals surface area contributed by atoms with Crippen molar-refractivity contribution in [3.8, 4) is 11.8 Å². The molecule has 0 aliphatic heterocycles. The fourth-order valence-corrected chi connectivity index (χ4v) is 1.92. The first-order valence-corrected chi connectivity index (χ1v) is 8.25. The van der Waals surface area contributed by atoms with Gasteiger partial charge in [-0.2, -0.15) is 5.26 Å². The highest BCUT2D eigenvalue weighted by molar-refractivity contribution is 5.83. The van der Waals surface area contributed by atoms with E-state index in [1.807, 2.05) is 0 Å². The van der Waals surface area contributed by atoms with Gasteiger partial charge in [0.1, 0.15) is 18.2 Å². The molecule has 0 saturated heterocycles. The maximum absolute atomic E-state index is 11.6. The number of nitrogens with zero attached hydrogens (tertiary/aromatic N) is 1. The van der Waals surface area contributed by atoms with Crippen LogP contribution in [-0.4, -0.2) is 44.7 Å². The average Bonchev–Trinajstić information content (AvgIpc) is 2.68. The third-order valence-electron chi connectivity index (χ3n) is 3.04. The third kappa shape index (κ3) is 7.88. The van der Waals surface area contributed by atoms with Gasteiger partial charge >= 0.3 is 5.63 Å². The zero-order valence-corrected chi connectivity index (χ0v) is 15.1. The van der Waals surface area contributed by atoms with Gasteiger partial charge < -0.3 is 23.7 Å². The van der Waals surface area contributed by atoms with E-state index in [4.69, 9.17) is 29.0 Å². The highest BCUT2D eigenvalue weighted by atomic mass is 16.5. The molecular weight excluding hydrogens is 350 g/mol. The van der Waals surface area contributed by atoms with Gasteiger partial charge in [0.25, 0.3) is 0 Å². The maximum atomic E-state index is 11.6. The van der Waals surface area contributed by atoms with E-state index in [9.17, 15) is 4.79 Å². The Hall–Kier alpha value is -2.92. The van der Waals surface area contributed by atoms with Crippen molar-refractivity contribution in [1.29, 1.82) is 5.26 Å². The van der Waals surface area contributed by atoms with Crippen LogP contribution in [0.1, 0.15) is 5.56 Å². The topological polar surface area (TPSA) is 102 Å². The summed E-state index contributed by atoms with van der Waals surface area (Å²) in [6.45, 7) is 9.19. The summed E-state index contributed by atoms with van der Waals surface area (Å²) in [6, 6.07) is 8.50. The van der Waals surface area contributed by atoms with Crippen LogP contribution >= 0.6 is 0 Å². The predicted octanol–water partition coefficient (Wildman–Crippen LogP) is 2.43. The van der Waals surface area contributed by atoms with Gasteiger partial charge in [-0.15, -0.1) is 13.2 Å². The van der Waals surface area contributed by atoms with E-state index < -0.39 is 5.63 Å². The highest BCUT2D eigenvalue weighted by Gasteiger charge is 2.09. The Morgan fingerprint density at radius 2 is 1.85 bits per heavy atom. The molecule has 2 rings (SSSR count). The van der Waals surface area contributed by atoms with E-state index in [0.29, 0.717) is 49.8 Å². The molecule has 144 valence electrons. The Kier molecular flexibility index (Phi) is 10.9. The number of benzene rings is 1. The lowest BCUT2D eigenvalue weighted by Crippen LogP contribution is -2.08. The van der Waals surface area contributed by atoms with Gasteiger partial charge in [0.2, 0.25) is 0 Å². The van der Waals surface area contributed by atoms with Crippen LogP contribution in [-0.2, 0) is 9.47 Å². The fourth-order valence-electron chi connectivity index (χ4n) is 1.92. The van der Waals surface area contributed by atoms with Crippen LogP contribution in [0.2, 0.25) is 0 Å². The molecule has 0 radical (unpaired) electrons. The first kappa shape index (κ1) is 22.1. The van der Waals surface area contributed by atoms with E-state index in [1.165, 1.54) is 6.07 Å². The van der Waals surface area contributed by atoms with Crippen LogP contribution in [0.5, 0.6) is 5.75 Å². The lowest BCUT2D eigenvalue weighted by Gasteiger charge is -2.08. The number of hydrogen-bond donors (Lipinski definition) is 1. The van der Waals surface area contributed by atoms with Gasteiger partial charge in [-0.25, -0.2) is 4.79 Å². The number of para-hydroxylation sites is 1. The number of hydrogen-bond acceptors (Lipinski definition) is 7. The van der Waals surface area contributed by atoms with Gasteiger partial charge in [-0.3, -0.25) is 0 Å². The van der Waals surface area contributed by atoms with Gasteiger partial charge in [0, 0.05) is 5.39 Å². The number of fused-ring (bicyclic) bond motifs is 1. The summed E-state index contributed by atoms with van der Waals surface area (Å²) >= 11 is 0. The Morgan fingerprint density at radius 1 is 1.15 bits per heavy atom. The van der Waals surface area contributed by atoms with Gasteiger partial charge in [-0.1, -0.05) is 24.3 Å². The van der Waals surface area contributed by atoms with Crippen molar-refractivity contribution < 1.29 is 23.7 Å². The molecule has 1 heterocycles. The first-order valence-electron chi connectivity index (χ1n) is 8.25. The standard InChI is InChI=1S/C15H13NO4.C5H10O2/c1-2-6-18-7-8-19-13-5-3-4-11-9-12(10-16)15(17)20-14(11)13;1-2-4-7-5-3-6/h2-5,9H,1,6-8H2;2,6H,1,3-5H2. The average molecular weight is 373 g/mol. The SMILES string of the molecule is C=CCOCCO.C=CCOCCOc1cccc2cc(C#N)c(=O)oc12. The molecule has 1 N–H and O–H groups in total. The molecule has 1 aromatic carbocycles. The van der Waals surface area contributed by atoms with Crippen molar-refractivity contribution >= 4 is 11.0 Å². The molecule has 27 heavy (non-hydrogen) atoms. The van der Waals surface area contributed by atoms with E-state index >= 15 is 0 Å². The zero-order valence-electron chi connectivity index (χ0n) is 15.1. The smallest absolute Gasteiger partial charge is 0.354 e. The Labute approximate surface area is 157 Å². The summed E-state index contributed by atoms with van der Waals surface area (Å²) in [6.07, 6.45) is 3.30. The van der Waals surface area contributed by atoms with Crippen LogP contribution in [0.25, 0.3) is 11.0 Å². The second kappa shape index (κ2) is 13.3. The predicted molar refractivity (Wildman–Crippen MR) is 102 cm³/mol. The van der Waals surface area contributed by atoms with E-state index in [0.717, 1.165) is 0 Å². The summed E-state index contributed by atoms with van der Waals surface area (Å²) < 4.78 is 20.6. The molecule has 0 aliphatic carbocycles. The number of aliphatic hydroxyl groups is 1. The molecule has 0 spiro atoms. The Balaban J connectivity index is 0.000000445. The van der Waals surface area contributed by atoms with Crippen LogP contribution < -0.4 is 10.4 Å². The molecule has 0 bridgehead atoms. The third-order valence-corrected chi connectivity index (χ3v) is 3.04.